The van der Waals surface area contributed by atoms with Crippen molar-refractivity contribution in [1.29, 1.82) is 0 Å². The fourth-order valence-electron chi connectivity index (χ4n) is 2.37. The molecule has 1 amide bonds. The summed E-state index contributed by atoms with van der Waals surface area (Å²) in [7, 11) is 0. The van der Waals surface area contributed by atoms with Crippen molar-refractivity contribution in [2.45, 2.75) is 19.6 Å². The first-order valence-corrected chi connectivity index (χ1v) is 9.83. The van der Waals surface area contributed by atoms with Crippen LogP contribution in [0.3, 0.4) is 0 Å². The Morgan fingerprint density at radius 1 is 1.13 bits per heavy atom. The largest absolute Gasteiger partial charge is 0.489 e. The van der Waals surface area contributed by atoms with Crippen LogP contribution in [-0.2, 0) is 11.4 Å². The average molecular weight is 425 g/mol. The highest BCUT2D eigenvalue weighted by Gasteiger charge is 2.14. The zero-order chi connectivity index (χ0) is 21.3. The number of nitro groups is 1. The molecule has 0 spiro atoms. The Labute approximate surface area is 176 Å². The highest BCUT2D eigenvalue weighted by molar-refractivity contribution is 7.16. The van der Waals surface area contributed by atoms with Crippen molar-refractivity contribution in [3.63, 3.8) is 0 Å². The van der Waals surface area contributed by atoms with Gasteiger partial charge in [-0.1, -0.05) is 41.7 Å². The lowest BCUT2D eigenvalue weighted by Gasteiger charge is -2.13. The third kappa shape index (κ3) is 6.14. The van der Waals surface area contributed by atoms with Gasteiger partial charge in [0.05, 0.1) is 16.0 Å². The van der Waals surface area contributed by atoms with Gasteiger partial charge >= 0.3 is 5.00 Å². The number of hydrazone groups is 1. The Morgan fingerprint density at radius 2 is 1.83 bits per heavy atom. The molecule has 1 unspecified atom stereocenters. The molecule has 3 aromatic rings. The Hall–Kier alpha value is -3.72. The Kier molecular flexibility index (Phi) is 7.12. The molecule has 1 aromatic heterocycles. The average Bonchev–Trinajstić information content (AvgIpc) is 3.23. The van der Waals surface area contributed by atoms with E-state index in [0.29, 0.717) is 23.0 Å². The maximum atomic E-state index is 12.1. The van der Waals surface area contributed by atoms with Crippen LogP contribution in [0.15, 0.2) is 71.8 Å². The fraction of sp³-hybridized carbons (Fsp3) is 0.143. The lowest BCUT2D eigenvalue weighted by molar-refractivity contribution is -0.380. The second kappa shape index (κ2) is 10.2. The van der Waals surface area contributed by atoms with E-state index in [1.165, 1.54) is 12.3 Å². The zero-order valence-corrected chi connectivity index (χ0v) is 16.9. The Balaban J connectivity index is 1.46. The molecule has 3 rings (SSSR count). The molecule has 0 aliphatic rings. The summed E-state index contributed by atoms with van der Waals surface area (Å²) >= 11 is 0.965. The minimum absolute atomic E-state index is 0.00988. The third-order valence-corrected chi connectivity index (χ3v) is 4.88. The van der Waals surface area contributed by atoms with Crippen LogP contribution in [0, 0.1) is 10.1 Å². The van der Waals surface area contributed by atoms with Gasteiger partial charge < -0.3 is 9.47 Å². The number of benzene rings is 2. The summed E-state index contributed by atoms with van der Waals surface area (Å²) in [5, 5.41) is 14.5. The Bertz CT molecular complexity index is 1020. The SMILES string of the molecule is CC(Oc1ccc(OCc2ccccc2)cc1)C(=O)N/N=C/c1ccc([N+](=O)[O-])s1. The molecular weight excluding hydrogens is 406 g/mol. The monoisotopic (exact) mass is 425 g/mol. The number of hydrogen-bond acceptors (Lipinski definition) is 7. The van der Waals surface area contributed by atoms with E-state index in [0.717, 1.165) is 16.9 Å². The minimum atomic E-state index is -0.782. The van der Waals surface area contributed by atoms with Crippen molar-refractivity contribution in [2.24, 2.45) is 5.10 Å². The van der Waals surface area contributed by atoms with E-state index in [1.54, 1.807) is 37.3 Å². The van der Waals surface area contributed by atoms with Crippen LogP contribution in [-0.4, -0.2) is 23.1 Å². The van der Waals surface area contributed by atoms with Crippen LogP contribution < -0.4 is 14.9 Å². The molecule has 0 radical (unpaired) electrons. The highest BCUT2D eigenvalue weighted by Crippen LogP contribution is 2.22. The molecule has 0 saturated heterocycles. The molecule has 8 nitrogen and oxygen atoms in total. The van der Waals surface area contributed by atoms with Gasteiger partial charge in [-0.05, 0) is 42.8 Å². The number of ether oxygens (including phenoxy) is 2. The van der Waals surface area contributed by atoms with Crippen molar-refractivity contribution < 1.29 is 19.2 Å². The normalized spacial score (nSPS) is 11.8. The smallest absolute Gasteiger partial charge is 0.324 e. The molecule has 1 N–H and O–H groups in total. The zero-order valence-electron chi connectivity index (χ0n) is 16.1. The molecule has 0 bridgehead atoms. The van der Waals surface area contributed by atoms with E-state index in [9.17, 15) is 14.9 Å². The Morgan fingerprint density at radius 3 is 2.50 bits per heavy atom. The van der Waals surface area contributed by atoms with Gasteiger partial charge in [-0.2, -0.15) is 5.10 Å². The van der Waals surface area contributed by atoms with Crippen molar-refractivity contribution >= 4 is 28.5 Å². The van der Waals surface area contributed by atoms with Crippen LogP contribution in [0.1, 0.15) is 17.4 Å². The highest BCUT2D eigenvalue weighted by atomic mass is 32.1. The van der Waals surface area contributed by atoms with Crippen molar-refractivity contribution in [1.82, 2.24) is 5.43 Å². The van der Waals surface area contributed by atoms with Crippen molar-refractivity contribution in [3.8, 4) is 11.5 Å². The molecule has 1 heterocycles. The lowest BCUT2D eigenvalue weighted by Crippen LogP contribution is -2.33. The molecule has 0 fully saturated rings. The topological polar surface area (TPSA) is 103 Å². The van der Waals surface area contributed by atoms with E-state index >= 15 is 0 Å². The summed E-state index contributed by atoms with van der Waals surface area (Å²) in [6.45, 7) is 2.06. The number of thiophene rings is 1. The number of rotatable bonds is 9. The number of carbonyl (C=O) groups excluding carboxylic acids is 1. The summed E-state index contributed by atoms with van der Waals surface area (Å²) in [6.07, 6.45) is 0.567. The maximum absolute atomic E-state index is 12.1. The third-order valence-electron chi connectivity index (χ3n) is 3.91. The standard InChI is InChI=1S/C21H19N3O5S/c1-15(21(25)23-22-13-19-11-12-20(30-19)24(26)27)29-18-9-7-17(8-10-18)28-14-16-5-3-2-4-6-16/h2-13,15H,14H2,1H3,(H,23,25)/b22-13+. The van der Waals surface area contributed by atoms with Crippen LogP contribution in [0.5, 0.6) is 11.5 Å². The summed E-state index contributed by atoms with van der Waals surface area (Å²) in [4.78, 5) is 22.8. The molecule has 30 heavy (non-hydrogen) atoms. The molecule has 9 heteroatoms. The van der Waals surface area contributed by atoms with Crippen LogP contribution in [0.4, 0.5) is 5.00 Å². The molecule has 0 aliphatic heterocycles. The second-order valence-corrected chi connectivity index (χ2v) is 7.27. The molecule has 1 atom stereocenters. The fourth-order valence-corrected chi connectivity index (χ4v) is 3.07. The van der Waals surface area contributed by atoms with E-state index in [1.807, 2.05) is 30.3 Å². The van der Waals surface area contributed by atoms with Gasteiger partial charge in [-0.25, -0.2) is 5.43 Å². The van der Waals surface area contributed by atoms with Gasteiger partial charge in [0.2, 0.25) is 0 Å². The van der Waals surface area contributed by atoms with Gasteiger partial charge in [-0.15, -0.1) is 0 Å². The van der Waals surface area contributed by atoms with Gasteiger partial charge in [-0.3, -0.25) is 14.9 Å². The maximum Gasteiger partial charge on any atom is 0.324 e. The number of hydrogen-bond donors (Lipinski definition) is 1. The lowest BCUT2D eigenvalue weighted by atomic mass is 10.2. The van der Waals surface area contributed by atoms with E-state index in [2.05, 4.69) is 10.5 Å². The number of amides is 1. The number of nitrogens with one attached hydrogen (secondary N) is 1. The van der Waals surface area contributed by atoms with Crippen molar-refractivity contribution in [3.05, 3.63) is 87.3 Å². The predicted molar refractivity (Wildman–Crippen MR) is 114 cm³/mol. The summed E-state index contributed by atoms with van der Waals surface area (Å²) in [6, 6.07) is 19.7. The predicted octanol–water partition coefficient (Wildman–Crippen LogP) is 4.15. The van der Waals surface area contributed by atoms with Gasteiger partial charge in [0.15, 0.2) is 6.10 Å². The van der Waals surface area contributed by atoms with Crippen LogP contribution >= 0.6 is 11.3 Å². The first kappa shape index (κ1) is 21.0. The molecule has 2 aromatic carbocycles. The minimum Gasteiger partial charge on any atom is -0.489 e. The van der Waals surface area contributed by atoms with Crippen molar-refractivity contribution in [2.75, 3.05) is 0 Å². The first-order chi connectivity index (χ1) is 14.5. The number of nitrogens with zero attached hydrogens (tertiary/aromatic N) is 2. The van der Waals surface area contributed by atoms with E-state index < -0.39 is 16.9 Å². The summed E-state index contributed by atoms with van der Waals surface area (Å²) in [5.41, 5.74) is 3.43. The number of carbonyl (C=O) groups is 1. The van der Waals surface area contributed by atoms with Gasteiger partial charge in [0.25, 0.3) is 5.91 Å². The van der Waals surface area contributed by atoms with Crippen LogP contribution in [0.25, 0.3) is 0 Å². The summed E-state index contributed by atoms with van der Waals surface area (Å²) in [5.74, 6) is 0.766. The van der Waals surface area contributed by atoms with Gasteiger partial charge in [0.1, 0.15) is 18.1 Å². The second-order valence-electron chi connectivity index (χ2n) is 6.17. The molecule has 0 saturated carbocycles. The quantitative estimate of drug-likeness (QED) is 0.315. The first-order valence-electron chi connectivity index (χ1n) is 9.02. The van der Waals surface area contributed by atoms with E-state index in [-0.39, 0.29) is 5.00 Å². The van der Waals surface area contributed by atoms with Gasteiger partial charge in [0, 0.05) is 6.07 Å². The van der Waals surface area contributed by atoms with Crippen LogP contribution in [0.2, 0.25) is 0 Å². The summed E-state index contributed by atoms with van der Waals surface area (Å²) < 4.78 is 11.3. The van der Waals surface area contributed by atoms with E-state index in [4.69, 9.17) is 9.47 Å². The molecular formula is C21H19N3O5S. The molecule has 0 aliphatic carbocycles. The molecule has 154 valence electrons.